The maximum absolute atomic E-state index is 5.83. The van der Waals surface area contributed by atoms with Crippen molar-refractivity contribution in [2.75, 3.05) is 32.8 Å². The number of nitrogens with zero attached hydrogens (tertiary/aromatic N) is 1. The van der Waals surface area contributed by atoms with Gasteiger partial charge in [0.05, 0.1) is 18.8 Å². The third kappa shape index (κ3) is 4.24. The van der Waals surface area contributed by atoms with Crippen LogP contribution in [0, 0.1) is 0 Å². The average Bonchev–Trinajstić information content (AvgIpc) is 2.31. The molecule has 1 aliphatic heterocycles. The molecule has 3 heteroatoms. The van der Waals surface area contributed by atoms with Crippen LogP contribution in [-0.4, -0.2) is 49.8 Å². The van der Waals surface area contributed by atoms with Crippen molar-refractivity contribution >= 4 is 0 Å². The summed E-state index contributed by atoms with van der Waals surface area (Å²) in [6, 6.07) is 0.291. The standard InChI is InChI=1S/C13H26N2O/c1-4-7-14-12(6-3)13-11-15(8-5-2)9-10-16-13/h6,12-14H,3-5,7-11H2,1-2H3. The highest BCUT2D eigenvalue weighted by Gasteiger charge is 2.25. The van der Waals surface area contributed by atoms with Gasteiger partial charge in [0.15, 0.2) is 0 Å². The first kappa shape index (κ1) is 13.7. The van der Waals surface area contributed by atoms with Gasteiger partial charge in [0.2, 0.25) is 0 Å². The van der Waals surface area contributed by atoms with Crippen molar-refractivity contribution in [1.82, 2.24) is 10.2 Å². The van der Waals surface area contributed by atoms with E-state index in [1.807, 2.05) is 6.08 Å². The molecule has 1 aliphatic rings. The van der Waals surface area contributed by atoms with Gasteiger partial charge < -0.3 is 10.1 Å². The van der Waals surface area contributed by atoms with E-state index in [1.165, 1.54) is 13.0 Å². The topological polar surface area (TPSA) is 24.5 Å². The summed E-state index contributed by atoms with van der Waals surface area (Å²) in [5.41, 5.74) is 0. The van der Waals surface area contributed by atoms with Crippen LogP contribution in [0.1, 0.15) is 26.7 Å². The molecule has 0 aromatic carbocycles. The van der Waals surface area contributed by atoms with Gasteiger partial charge in [0.1, 0.15) is 0 Å². The Balaban J connectivity index is 2.40. The Morgan fingerprint density at radius 2 is 2.31 bits per heavy atom. The number of hydrogen-bond acceptors (Lipinski definition) is 3. The van der Waals surface area contributed by atoms with Crippen LogP contribution >= 0.6 is 0 Å². The van der Waals surface area contributed by atoms with E-state index in [1.54, 1.807) is 0 Å². The summed E-state index contributed by atoms with van der Waals surface area (Å²) in [4.78, 5) is 2.48. The Bertz CT molecular complexity index is 194. The van der Waals surface area contributed by atoms with E-state index in [0.717, 1.165) is 32.7 Å². The van der Waals surface area contributed by atoms with E-state index < -0.39 is 0 Å². The monoisotopic (exact) mass is 226 g/mol. The summed E-state index contributed by atoms with van der Waals surface area (Å²) >= 11 is 0. The van der Waals surface area contributed by atoms with Gasteiger partial charge in [-0.05, 0) is 25.9 Å². The predicted molar refractivity (Wildman–Crippen MR) is 68.7 cm³/mol. The third-order valence-corrected chi connectivity index (χ3v) is 3.00. The fourth-order valence-corrected chi connectivity index (χ4v) is 2.15. The Kier molecular flexibility index (Phi) is 6.69. The SMILES string of the molecule is C=CC(NCCC)C1CN(CCC)CCO1. The molecule has 0 spiro atoms. The van der Waals surface area contributed by atoms with Crippen molar-refractivity contribution in [1.29, 1.82) is 0 Å². The molecule has 0 amide bonds. The van der Waals surface area contributed by atoms with Crippen LogP contribution < -0.4 is 5.32 Å². The number of rotatable bonds is 7. The average molecular weight is 226 g/mol. The maximum Gasteiger partial charge on any atom is 0.0890 e. The highest BCUT2D eigenvalue weighted by atomic mass is 16.5. The number of morpholine rings is 1. The quantitative estimate of drug-likeness (QED) is 0.668. The zero-order chi connectivity index (χ0) is 11.8. The molecule has 1 rings (SSSR count). The van der Waals surface area contributed by atoms with Gasteiger partial charge in [-0.2, -0.15) is 0 Å². The van der Waals surface area contributed by atoms with Crippen LogP contribution in [0.25, 0.3) is 0 Å². The van der Waals surface area contributed by atoms with Gasteiger partial charge in [-0.25, -0.2) is 0 Å². The van der Waals surface area contributed by atoms with Gasteiger partial charge in [-0.1, -0.05) is 19.9 Å². The van der Waals surface area contributed by atoms with Crippen LogP contribution in [0.2, 0.25) is 0 Å². The summed E-state index contributed by atoms with van der Waals surface area (Å²) in [6.45, 7) is 13.5. The van der Waals surface area contributed by atoms with Crippen LogP contribution in [0.15, 0.2) is 12.7 Å². The van der Waals surface area contributed by atoms with E-state index in [0.29, 0.717) is 6.04 Å². The zero-order valence-electron chi connectivity index (χ0n) is 10.7. The molecule has 0 bridgehead atoms. The largest absolute Gasteiger partial charge is 0.374 e. The van der Waals surface area contributed by atoms with Gasteiger partial charge in [0, 0.05) is 13.1 Å². The second-order valence-electron chi connectivity index (χ2n) is 4.43. The maximum atomic E-state index is 5.83. The highest BCUT2D eigenvalue weighted by Crippen LogP contribution is 2.10. The Morgan fingerprint density at radius 1 is 1.50 bits per heavy atom. The third-order valence-electron chi connectivity index (χ3n) is 3.00. The normalized spacial score (nSPS) is 24.2. The predicted octanol–water partition coefficient (Wildman–Crippen LogP) is 1.65. The van der Waals surface area contributed by atoms with Crippen LogP contribution in [0.3, 0.4) is 0 Å². The van der Waals surface area contributed by atoms with Crippen molar-refractivity contribution in [2.45, 2.75) is 38.8 Å². The summed E-state index contributed by atoms with van der Waals surface area (Å²) in [6.07, 6.45) is 4.61. The molecule has 1 heterocycles. The van der Waals surface area contributed by atoms with Crippen molar-refractivity contribution < 1.29 is 4.74 Å². The molecule has 16 heavy (non-hydrogen) atoms. The minimum absolute atomic E-state index is 0.268. The molecule has 1 saturated heterocycles. The molecule has 0 aromatic rings. The smallest absolute Gasteiger partial charge is 0.0890 e. The second-order valence-corrected chi connectivity index (χ2v) is 4.43. The fraction of sp³-hybridized carbons (Fsp3) is 0.846. The Morgan fingerprint density at radius 3 is 2.94 bits per heavy atom. The molecule has 0 aliphatic carbocycles. The number of hydrogen-bond donors (Lipinski definition) is 1. The molecule has 0 aromatic heterocycles. The number of ether oxygens (including phenoxy) is 1. The lowest BCUT2D eigenvalue weighted by Gasteiger charge is -2.36. The van der Waals surface area contributed by atoms with Crippen molar-refractivity contribution in [2.24, 2.45) is 0 Å². The number of nitrogens with one attached hydrogen (secondary N) is 1. The molecule has 0 saturated carbocycles. The minimum Gasteiger partial charge on any atom is -0.374 e. The van der Waals surface area contributed by atoms with Gasteiger partial charge in [-0.3, -0.25) is 4.90 Å². The van der Waals surface area contributed by atoms with Gasteiger partial charge in [-0.15, -0.1) is 6.58 Å². The minimum atomic E-state index is 0.268. The molecular weight excluding hydrogens is 200 g/mol. The lowest BCUT2D eigenvalue weighted by Crippen LogP contribution is -2.51. The fourth-order valence-electron chi connectivity index (χ4n) is 2.15. The molecule has 3 nitrogen and oxygen atoms in total. The lowest BCUT2D eigenvalue weighted by molar-refractivity contribution is -0.0385. The van der Waals surface area contributed by atoms with E-state index in [2.05, 4.69) is 30.6 Å². The molecule has 2 atom stereocenters. The Labute approximate surface area is 99.8 Å². The molecular formula is C13H26N2O. The van der Waals surface area contributed by atoms with Crippen molar-refractivity contribution in [3.8, 4) is 0 Å². The molecule has 94 valence electrons. The van der Waals surface area contributed by atoms with Gasteiger partial charge >= 0.3 is 0 Å². The Hall–Kier alpha value is -0.380. The van der Waals surface area contributed by atoms with Gasteiger partial charge in [0.25, 0.3) is 0 Å². The molecule has 2 unspecified atom stereocenters. The van der Waals surface area contributed by atoms with Crippen LogP contribution in [0.5, 0.6) is 0 Å². The van der Waals surface area contributed by atoms with E-state index in [-0.39, 0.29) is 6.10 Å². The first-order chi connectivity index (χ1) is 7.81. The van der Waals surface area contributed by atoms with E-state index in [4.69, 9.17) is 4.74 Å². The molecule has 0 radical (unpaired) electrons. The van der Waals surface area contributed by atoms with Crippen molar-refractivity contribution in [3.05, 3.63) is 12.7 Å². The summed E-state index contributed by atoms with van der Waals surface area (Å²) < 4.78 is 5.83. The first-order valence-corrected chi connectivity index (χ1v) is 6.51. The van der Waals surface area contributed by atoms with E-state index >= 15 is 0 Å². The first-order valence-electron chi connectivity index (χ1n) is 6.51. The molecule has 1 fully saturated rings. The molecule has 1 N–H and O–H groups in total. The summed E-state index contributed by atoms with van der Waals surface area (Å²) in [7, 11) is 0. The van der Waals surface area contributed by atoms with Crippen LogP contribution in [0.4, 0.5) is 0 Å². The summed E-state index contributed by atoms with van der Waals surface area (Å²) in [5, 5.41) is 3.48. The second kappa shape index (κ2) is 7.82. The van der Waals surface area contributed by atoms with Crippen molar-refractivity contribution in [3.63, 3.8) is 0 Å². The lowest BCUT2D eigenvalue weighted by atomic mass is 10.1. The van der Waals surface area contributed by atoms with Crippen LogP contribution in [-0.2, 0) is 4.74 Å². The van der Waals surface area contributed by atoms with E-state index in [9.17, 15) is 0 Å². The highest BCUT2D eigenvalue weighted by molar-refractivity contribution is 4.94. The zero-order valence-corrected chi connectivity index (χ0v) is 10.7. The summed E-state index contributed by atoms with van der Waals surface area (Å²) in [5.74, 6) is 0.